The summed E-state index contributed by atoms with van der Waals surface area (Å²) in [6.45, 7) is 6.13. The minimum absolute atomic E-state index is 0.0238. The molecule has 26 heavy (non-hydrogen) atoms. The van der Waals surface area contributed by atoms with Gasteiger partial charge in [0.15, 0.2) is 11.5 Å². The lowest BCUT2D eigenvalue weighted by Crippen LogP contribution is -2.52. The smallest absolute Gasteiger partial charge is 0.243 e. The number of piperazine rings is 1. The molecule has 1 aromatic rings. The second kappa shape index (κ2) is 9.20. The van der Waals surface area contributed by atoms with Crippen molar-refractivity contribution in [2.75, 3.05) is 53.0 Å². The van der Waals surface area contributed by atoms with Gasteiger partial charge in [0.1, 0.15) is 0 Å². The Morgan fingerprint density at radius 1 is 1.08 bits per heavy atom. The molecule has 1 saturated heterocycles. The third-order valence-corrected chi connectivity index (χ3v) is 5.97. The summed E-state index contributed by atoms with van der Waals surface area (Å²) in [5, 5.41) is 2.82. The van der Waals surface area contributed by atoms with E-state index in [2.05, 4.69) is 5.32 Å². The van der Waals surface area contributed by atoms with Gasteiger partial charge >= 0.3 is 0 Å². The van der Waals surface area contributed by atoms with Gasteiger partial charge in [0.05, 0.1) is 24.7 Å². The molecule has 0 unspecified atom stereocenters. The Hall–Kier alpha value is -1.84. The van der Waals surface area contributed by atoms with Crippen LogP contribution in [0, 0.1) is 0 Å². The van der Waals surface area contributed by atoms with E-state index in [9.17, 15) is 13.2 Å². The molecule has 1 heterocycles. The van der Waals surface area contributed by atoms with Crippen molar-refractivity contribution in [3.63, 3.8) is 0 Å². The Morgan fingerprint density at radius 3 is 2.27 bits per heavy atom. The maximum absolute atomic E-state index is 12.9. The van der Waals surface area contributed by atoms with Crippen LogP contribution in [0.4, 0.5) is 0 Å². The topological polar surface area (TPSA) is 88.2 Å². The predicted molar refractivity (Wildman–Crippen MR) is 98.0 cm³/mol. The SMILES string of the molecule is CCOc1ccc(S(=O)(=O)N2CCN(C(=O)CNC)CC2)cc1OCC. The highest BCUT2D eigenvalue weighted by molar-refractivity contribution is 7.89. The fraction of sp³-hybridized carbons (Fsp3) is 0.588. The zero-order valence-corrected chi connectivity index (χ0v) is 16.3. The second-order valence-corrected chi connectivity index (χ2v) is 7.73. The van der Waals surface area contributed by atoms with Crippen LogP contribution in [0.25, 0.3) is 0 Å². The maximum Gasteiger partial charge on any atom is 0.243 e. The molecule has 146 valence electrons. The van der Waals surface area contributed by atoms with Gasteiger partial charge in [-0.3, -0.25) is 4.79 Å². The number of carbonyl (C=O) groups excluding carboxylic acids is 1. The first-order chi connectivity index (χ1) is 12.4. The molecule has 1 aliphatic heterocycles. The van der Waals surface area contributed by atoms with Crippen molar-refractivity contribution >= 4 is 15.9 Å². The van der Waals surface area contributed by atoms with Crippen LogP contribution in [0.5, 0.6) is 11.5 Å². The lowest BCUT2D eigenvalue weighted by Gasteiger charge is -2.34. The van der Waals surface area contributed by atoms with E-state index < -0.39 is 10.0 Å². The molecule has 0 radical (unpaired) electrons. The van der Waals surface area contributed by atoms with Crippen molar-refractivity contribution in [3.8, 4) is 11.5 Å². The predicted octanol–water partition coefficient (Wildman–Crippen LogP) is 0.536. The van der Waals surface area contributed by atoms with E-state index in [1.165, 1.54) is 16.4 Å². The number of hydrogen-bond donors (Lipinski definition) is 1. The monoisotopic (exact) mass is 385 g/mol. The summed E-state index contributed by atoms with van der Waals surface area (Å²) < 4.78 is 38.3. The van der Waals surface area contributed by atoms with Gasteiger partial charge in [-0.2, -0.15) is 4.31 Å². The summed E-state index contributed by atoms with van der Waals surface area (Å²) in [7, 11) is -1.94. The lowest BCUT2D eigenvalue weighted by molar-refractivity contribution is -0.131. The van der Waals surface area contributed by atoms with Crippen molar-refractivity contribution in [2.24, 2.45) is 0 Å². The summed E-state index contributed by atoms with van der Waals surface area (Å²) in [6, 6.07) is 4.65. The first kappa shape index (κ1) is 20.5. The van der Waals surface area contributed by atoms with E-state index in [0.29, 0.717) is 37.8 Å². The molecule has 0 atom stereocenters. The number of benzene rings is 1. The molecule has 2 rings (SSSR count). The number of carbonyl (C=O) groups is 1. The lowest BCUT2D eigenvalue weighted by atomic mass is 10.3. The first-order valence-electron chi connectivity index (χ1n) is 8.76. The van der Waals surface area contributed by atoms with Gasteiger partial charge in [0.2, 0.25) is 15.9 Å². The van der Waals surface area contributed by atoms with Crippen LogP contribution in [0.2, 0.25) is 0 Å². The molecule has 0 aliphatic carbocycles. The first-order valence-corrected chi connectivity index (χ1v) is 10.2. The van der Waals surface area contributed by atoms with Crippen molar-refractivity contribution in [1.29, 1.82) is 0 Å². The number of rotatable bonds is 8. The van der Waals surface area contributed by atoms with E-state index in [-0.39, 0.29) is 30.4 Å². The van der Waals surface area contributed by atoms with Gasteiger partial charge in [-0.1, -0.05) is 0 Å². The normalized spacial score (nSPS) is 15.7. The van der Waals surface area contributed by atoms with Gasteiger partial charge in [0.25, 0.3) is 0 Å². The fourth-order valence-electron chi connectivity index (χ4n) is 2.78. The van der Waals surface area contributed by atoms with Crippen LogP contribution >= 0.6 is 0 Å². The van der Waals surface area contributed by atoms with Crippen LogP contribution in [-0.4, -0.2) is 76.5 Å². The molecule has 1 aliphatic rings. The van der Waals surface area contributed by atoms with Crippen molar-refractivity contribution in [3.05, 3.63) is 18.2 Å². The standard InChI is InChI=1S/C17H27N3O5S/c1-4-24-15-7-6-14(12-16(15)25-5-2)26(22,23)20-10-8-19(9-11-20)17(21)13-18-3/h6-7,12,18H,4-5,8-11,13H2,1-3H3. The summed E-state index contributed by atoms with van der Waals surface area (Å²) in [4.78, 5) is 13.7. The van der Waals surface area contributed by atoms with Gasteiger partial charge < -0.3 is 19.7 Å². The summed E-state index contributed by atoms with van der Waals surface area (Å²) in [5.41, 5.74) is 0. The summed E-state index contributed by atoms with van der Waals surface area (Å²) >= 11 is 0. The number of sulfonamides is 1. The number of nitrogens with one attached hydrogen (secondary N) is 1. The molecule has 0 saturated carbocycles. The van der Waals surface area contributed by atoms with Gasteiger partial charge in [-0.25, -0.2) is 8.42 Å². The Labute approximate surface area is 155 Å². The Kier molecular flexibility index (Phi) is 7.24. The van der Waals surface area contributed by atoms with E-state index in [1.807, 2.05) is 13.8 Å². The van der Waals surface area contributed by atoms with E-state index in [0.717, 1.165) is 0 Å². The molecule has 0 aromatic heterocycles. The van der Waals surface area contributed by atoms with Crippen molar-refractivity contribution < 1.29 is 22.7 Å². The Morgan fingerprint density at radius 2 is 1.69 bits per heavy atom. The summed E-state index contributed by atoms with van der Waals surface area (Å²) in [5.74, 6) is 0.915. The highest BCUT2D eigenvalue weighted by atomic mass is 32.2. The zero-order chi connectivity index (χ0) is 19.2. The molecule has 0 spiro atoms. The third-order valence-electron chi connectivity index (χ3n) is 4.07. The fourth-order valence-corrected chi connectivity index (χ4v) is 4.22. The average Bonchev–Trinajstić information content (AvgIpc) is 2.64. The Bertz CT molecular complexity index is 715. The molecule has 1 N–H and O–H groups in total. The number of ether oxygens (including phenoxy) is 2. The molecular weight excluding hydrogens is 358 g/mol. The number of hydrogen-bond acceptors (Lipinski definition) is 6. The molecule has 8 nitrogen and oxygen atoms in total. The van der Waals surface area contributed by atoms with Crippen molar-refractivity contribution in [2.45, 2.75) is 18.7 Å². The highest BCUT2D eigenvalue weighted by Gasteiger charge is 2.30. The molecule has 0 bridgehead atoms. The average molecular weight is 385 g/mol. The van der Waals surface area contributed by atoms with Gasteiger partial charge in [-0.05, 0) is 33.0 Å². The minimum atomic E-state index is -3.65. The summed E-state index contributed by atoms with van der Waals surface area (Å²) in [6.07, 6.45) is 0. The third kappa shape index (κ3) is 4.66. The highest BCUT2D eigenvalue weighted by Crippen LogP contribution is 2.31. The molecule has 9 heteroatoms. The van der Waals surface area contributed by atoms with Gasteiger partial charge in [-0.15, -0.1) is 0 Å². The van der Waals surface area contributed by atoms with Crippen molar-refractivity contribution in [1.82, 2.24) is 14.5 Å². The minimum Gasteiger partial charge on any atom is -0.490 e. The molecule has 1 amide bonds. The van der Waals surface area contributed by atoms with Crippen LogP contribution in [-0.2, 0) is 14.8 Å². The van der Waals surface area contributed by atoms with Crippen LogP contribution < -0.4 is 14.8 Å². The van der Waals surface area contributed by atoms with E-state index in [4.69, 9.17) is 9.47 Å². The van der Waals surface area contributed by atoms with Gasteiger partial charge in [0, 0.05) is 32.2 Å². The molecule has 1 fully saturated rings. The van der Waals surface area contributed by atoms with Crippen LogP contribution in [0.3, 0.4) is 0 Å². The molecule has 1 aromatic carbocycles. The second-order valence-electron chi connectivity index (χ2n) is 5.79. The number of nitrogens with zero attached hydrogens (tertiary/aromatic N) is 2. The molecular formula is C17H27N3O5S. The van der Waals surface area contributed by atoms with E-state index in [1.54, 1.807) is 18.0 Å². The van der Waals surface area contributed by atoms with Crippen LogP contribution in [0.1, 0.15) is 13.8 Å². The largest absolute Gasteiger partial charge is 0.490 e. The maximum atomic E-state index is 12.9. The van der Waals surface area contributed by atoms with E-state index >= 15 is 0 Å². The van der Waals surface area contributed by atoms with Crippen LogP contribution in [0.15, 0.2) is 23.1 Å². The Balaban J connectivity index is 2.15. The zero-order valence-electron chi connectivity index (χ0n) is 15.5. The quantitative estimate of drug-likeness (QED) is 0.703. The number of likely N-dealkylation sites (N-methyl/N-ethyl adjacent to an activating group) is 1. The number of amides is 1.